The van der Waals surface area contributed by atoms with E-state index in [9.17, 15) is 0 Å². The van der Waals surface area contributed by atoms with Crippen LogP contribution in [0.1, 0.15) is 42.7 Å². The van der Waals surface area contributed by atoms with Crippen LogP contribution in [0.2, 0.25) is 0 Å². The minimum Gasteiger partial charge on any atom is -0.385 e. The molecule has 1 aliphatic carbocycles. The molecule has 0 radical (unpaired) electrons. The lowest BCUT2D eigenvalue weighted by Gasteiger charge is -2.38. The van der Waals surface area contributed by atoms with E-state index in [2.05, 4.69) is 30.4 Å². The molecule has 1 fully saturated rings. The van der Waals surface area contributed by atoms with E-state index in [-0.39, 0.29) is 0 Å². The molecule has 2 atom stereocenters. The molecule has 1 N–H and O–H groups in total. The van der Waals surface area contributed by atoms with Crippen LogP contribution in [-0.2, 0) is 0 Å². The fraction of sp³-hybridized carbons (Fsp3) is 0.571. The monoisotopic (exact) mass is 201 g/mol. The fourth-order valence-electron chi connectivity index (χ4n) is 3.25. The van der Waals surface area contributed by atoms with Crippen molar-refractivity contribution < 1.29 is 0 Å². The zero-order valence-corrected chi connectivity index (χ0v) is 9.42. The lowest BCUT2D eigenvalue weighted by molar-refractivity contribution is 0.313. The van der Waals surface area contributed by atoms with Crippen molar-refractivity contribution in [3.8, 4) is 0 Å². The predicted molar refractivity (Wildman–Crippen MR) is 64.4 cm³/mol. The van der Waals surface area contributed by atoms with E-state index >= 15 is 0 Å². The second kappa shape index (κ2) is 3.55. The zero-order valence-electron chi connectivity index (χ0n) is 9.42. The molecule has 1 aliphatic heterocycles. The molecule has 1 saturated carbocycles. The Morgan fingerprint density at radius 2 is 2.07 bits per heavy atom. The highest BCUT2D eigenvalue weighted by Gasteiger charge is 2.31. The van der Waals surface area contributed by atoms with Crippen molar-refractivity contribution >= 4 is 5.69 Å². The molecule has 2 aliphatic rings. The minimum absolute atomic E-state index is 0.843. The first kappa shape index (κ1) is 9.26. The second-order valence-electron chi connectivity index (χ2n) is 5.12. The van der Waals surface area contributed by atoms with Crippen LogP contribution < -0.4 is 5.32 Å². The maximum absolute atomic E-state index is 3.60. The van der Waals surface area contributed by atoms with Crippen LogP contribution in [0, 0.1) is 12.8 Å². The third-order valence-electron chi connectivity index (χ3n) is 4.07. The Balaban J connectivity index is 1.99. The number of nitrogens with one attached hydrogen (secondary N) is 1. The van der Waals surface area contributed by atoms with Gasteiger partial charge in [-0.05, 0) is 48.8 Å². The van der Waals surface area contributed by atoms with E-state index in [0.29, 0.717) is 0 Å². The lowest BCUT2D eigenvalue weighted by Crippen LogP contribution is -2.30. The van der Waals surface area contributed by atoms with Crippen LogP contribution in [0.4, 0.5) is 5.69 Å². The molecule has 1 heteroatoms. The summed E-state index contributed by atoms with van der Waals surface area (Å²) < 4.78 is 0. The van der Waals surface area contributed by atoms with Gasteiger partial charge in [0.25, 0.3) is 0 Å². The van der Waals surface area contributed by atoms with Crippen molar-refractivity contribution in [2.45, 2.75) is 38.5 Å². The minimum atomic E-state index is 0.843. The van der Waals surface area contributed by atoms with Gasteiger partial charge in [-0.25, -0.2) is 0 Å². The Labute approximate surface area is 91.9 Å². The van der Waals surface area contributed by atoms with E-state index in [0.717, 1.165) is 11.8 Å². The molecule has 2 unspecified atom stereocenters. The summed E-state index contributed by atoms with van der Waals surface area (Å²) in [4.78, 5) is 0. The van der Waals surface area contributed by atoms with Crippen LogP contribution in [0.5, 0.6) is 0 Å². The van der Waals surface area contributed by atoms with E-state index in [1.54, 1.807) is 5.56 Å². The van der Waals surface area contributed by atoms with Crippen LogP contribution in [0.15, 0.2) is 18.2 Å². The summed E-state index contributed by atoms with van der Waals surface area (Å²) in [6.45, 7) is 3.37. The number of benzene rings is 1. The van der Waals surface area contributed by atoms with Gasteiger partial charge in [0.05, 0.1) is 0 Å². The first-order valence-electron chi connectivity index (χ1n) is 6.19. The van der Waals surface area contributed by atoms with Gasteiger partial charge >= 0.3 is 0 Å². The Hall–Kier alpha value is -0.980. The van der Waals surface area contributed by atoms with Gasteiger partial charge in [-0.3, -0.25) is 0 Å². The fourth-order valence-corrected chi connectivity index (χ4v) is 3.25. The molecular formula is C14H19N. The van der Waals surface area contributed by atoms with Gasteiger partial charge in [-0.15, -0.1) is 0 Å². The summed E-state index contributed by atoms with van der Waals surface area (Å²) in [6, 6.07) is 6.91. The smallest absolute Gasteiger partial charge is 0.0378 e. The molecule has 1 aromatic carbocycles. The second-order valence-corrected chi connectivity index (χ2v) is 5.12. The SMILES string of the molecule is Cc1ccc2c(c1)NCC1CCCCC21. The number of fused-ring (bicyclic) bond motifs is 3. The zero-order chi connectivity index (χ0) is 10.3. The lowest BCUT2D eigenvalue weighted by atomic mass is 9.73. The summed E-state index contributed by atoms with van der Waals surface area (Å²) in [5.41, 5.74) is 4.35. The molecule has 0 aromatic heterocycles. The standard InChI is InChI=1S/C14H19N/c1-10-6-7-13-12-5-3-2-4-11(12)9-15-14(13)8-10/h6-8,11-12,15H,2-5,9H2,1H3. The molecule has 0 saturated heterocycles. The molecule has 0 amide bonds. The van der Waals surface area contributed by atoms with Crippen molar-refractivity contribution in [2.75, 3.05) is 11.9 Å². The highest BCUT2D eigenvalue weighted by molar-refractivity contribution is 5.57. The molecule has 0 bridgehead atoms. The molecule has 1 heterocycles. The number of rotatable bonds is 0. The Morgan fingerprint density at radius 3 is 3.00 bits per heavy atom. The third kappa shape index (κ3) is 1.54. The van der Waals surface area contributed by atoms with E-state index < -0.39 is 0 Å². The first-order chi connectivity index (χ1) is 7.34. The number of anilines is 1. The molecule has 0 spiro atoms. The van der Waals surface area contributed by atoms with E-state index in [1.807, 2.05) is 0 Å². The maximum atomic E-state index is 3.60. The van der Waals surface area contributed by atoms with Crippen LogP contribution in [0.3, 0.4) is 0 Å². The highest BCUT2D eigenvalue weighted by Crippen LogP contribution is 2.43. The number of aryl methyl sites for hydroxylation is 1. The topological polar surface area (TPSA) is 12.0 Å². The van der Waals surface area contributed by atoms with Crippen molar-refractivity contribution in [1.29, 1.82) is 0 Å². The third-order valence-corrected chi connectivity index (χ3v) is 4.07. The molecular weight excluding hydrogens is 182 g/mol. The average Bonchev–Trinajstić information content (AvgIpc) is 2.28. The quantitative estimate of drug-likeness (QED) is 0.675. The van der Waals surface area contributed by atoms with Crippen molar-refractivity contribution in [3.05, 3.63) is 29.3 Å². The van der Waals surface area contributed by atoms with Gasteiger partial charge in [0.2, 0.25) is 0 Å². The maximum Gasteiger partial charge on any atom is 0.0378 e. The number of hydrogen-bond acceptors (Lipinski definition) is 1. The Morgan fingerprint density at radius 1 is 1.20 bits per heavy atom. The highest BCUT2D eigenvalue weighted by atomic mass is 14.9. The normalized spacial score (nSPS) is 28.9. The van der Waals surface area contributed by atoms with Gasteiger partial charge in [0, 0.05) is 12.2 Å². The van der Waals surface area contributed by atoms with Crippen molar-refractivity contribution in [2.24, 2.45) is 5.92 Å². The van der Waals surface area contributed by atoms with E-state index in [1.165, 1.54) is 43.5 Å². The van der Waals surface area contributed by atoms with Crippen molar-refractivity contribution in [3.63, 3.8) is 0 Å². The summed E-state index contributed by atoms with van der Waals surface area (Å²) in [6.07, 6.45) is 5.69. The molecule has 1 nitrogen and oxygen atoms in total. The predicted octanol–water partition coefficient (Wildman–Crippen LogP) is 3.69. The molecule has 1 aromatic rings. The largest absolute Gasteiger partial charge is 0.385 e. The summed E-state index contributed by atoms with van der Waals surface area (Å²) in [7, 11) is 0. The summed E-state index contributed by atoms with van der Waals surface area (Å²) >= 11 is 0. The van der Waals surface area contributed by atoms with Crippen LogP contribution in [-0.4, -0.2) is 6.54 Å². The van der Waals surface area contributed by atoms with Crippen LogP contribution in [0.25, 0.3) is 0 Å². The molecule has 80 valence electrons. The van der Waals surface area contributed by atoms with Gasteiger partial charge in [0.15, 0.2) is 0 Å². The Bertz CT molecular complexity index is 370. The summed E-state index contributed by atoms with van der Waals surface area (Å²) in [5, 5.41) is 3.60. The number of hydrogen-bond donors (Lipinski definition) is 1. The molecule has 3 rings (SSSR count). The Kier molecular flexibility index (Phi) is 2.19. The van der Waals surface area contributed by atoms with Gasteiger partial charge < -0.3 is 5.32 Å². The van der Waals surface area contributed by atoms with Gasteiger partial charge in [-0.2, -0.15) is 0 Å². The first-order valence-corrected chi connectivity index (χ1v) is 6.19. The van der Waals surface area contributed by atoms with Crippen LogP contribution >= 0.6 is 0 Å². The molecule has 15 heavy (non-hydrogen) atoms. The average molecular weight is 201 g/mol. The van der Waals surface area contributed by atoms with E-state index in [4.69, 9.17) is 0 Å². The summed E-state index contributed by atoms with van der Waals surface area (Å²) in [5.74, 6) is 1.74. The van der Waals surface area contributed by atoms with Gasteiger partial charge in [0.1, 0.15) is 0 Å². The van der Waals surface area contributed by atoms with Gasteiger partial charge in [-0.1, -0.05) is 25.0 Å². The van der Waals surface area contributed by atoms with Crippen molar-refractivity contribution in [1.82, 2.24) is 0 Å².